The molecule has 21 heavy (non-hydrogen) atoms. The maximum absolute atomic E-state index is 5.62. The van der Waals surface area contributed by atoms with Gasteiger partial charge >= 0.3 is 0 Å². The summed E-state index contributed by atoms with van der Waals surface area (Å²) in [6.45, 7) is 7.18. The Hall–Kier alpha value is -1.06. The maximum atomic E-state index is 5.62. The molecule has 1 unspecified atom stereocenters. The number of hydrogen-bond acceptors (Lipinski definition) is 3. The van der Waals surface area contributed by atoms with Crippen molar-refractivity contribution < 1.29 is 9.47 Å². The van der Waals surface area contributed by atoms with E-state index in [9.17, 15) is 0 Å². The van der Waals surface area contributed by atoms with E-state index in [0.717, 1.165) is 51.2 Å². The Labute approximate surface area is 130 Å². The molecule has 0 aromatic heterocycles. The van der Waals surface area contributed by atoms with E-state index >= 15 is 0 Å². The summed E-state index contributed by atoms with van der Waals surface area (Å²) in [5.74, 6) is 0.923. The average Bonchev–Trinajstić information content (AvgIpc) is 2.53. The second-order valence-electron chi connectivity index (χ2n) is 5.44. The van der Waals surface area contributed by atoms with Gasteiger partial charge in [0, 0.05) is 19.3 Å². The minimum Gasteiger partial charge on any atom is -0.497 e. The molecule has 0 bridgehead atoms. The Morgan fingerprint density at radius 3 is 2.38 bits per heavy atom. The van der Waals surface area contributed by atoms with Gasteiger partial charge in [-0.2, -0.15) is 0 Å². The molecule has 3 heteroatoms. The predicted molar refractivity (Wildman–Crippen MR) is 89.1 cm³/mol. The van der Waals surface area contributed by atoms with Crippen molar-refractivity contribution in [2.24, 2.45) is 0 Å². The maximum Gasteiger partial charge on any atom is 0.118 e. The molecule has 120 valence electrons. The molecule has 0 radical (unpaired) electrons. The normalized spacial score (nSPS) is 12.3. The molecular formula is C18H31NO2. The Kier molecular flexibility index (Phi) is 9.92. The quantitative estimate of drug-likeness (QED) is 0.594. The van der Waals surface area contributed by atoms with Crippen molar-refractivity contribution in [1.82, 2.24) is 5.32 Å². The van der Waals surface area contributed by atoms with Crippen LogP contribution in [0.25, 0.3) is 0 Å². The molecule has 1 N–H and O–H groups in total. The molecule has 0 saturated heterocycles. The van der Waals surface area contributed by atoms with Crippen molar-refractivity contribution in [3.63, 3.8) is 0 Å². The minimum absolute atomic E-state index is 0.545. The van der Waals surface area contributed by atoms with Crippen LogP contribution in [-0.4, -0.2) is 32.9 Å². The SMILES string of the molecule is CCCNC(CCOCCC)CCc1ccc(OC)cc1. The number of methoxy groups -OCH3 is 1. The standard InChI is InChI=1S/C18H31NO2/c1-4-13-19-17(12-15-21-14-5-2)9-6-16-7-10-18(20-3)11-8-16/h7-8,10-11,17,19H,4-6,9,12-15H2,1-3H3. The zero-order valence-electron chi connectivity index (χ0n) is 13.9. The van der Waals surface area contributed by atoms with E-state index in [2.05, 4.69) is 31.3 Å². The fraction of sp³-hybridized carbons (Fsp3) is 0.667. The summed E-state index contributed by atoms with van der Waals surface area (Å²) in [5, 5.41) is 3.63. The first-order chi connectivity index (χ1) is 10.3. The van der Waals surface area contributed by atoms with E-state index in [1.165, 1.54) is 12.0 Å². The van der Waals surface area contributed by atoms with Crippen molar-refractivity contribution in [1.29, 1.82) is 0 Å². The van der Waals surface area contributed by atoms with E-state index in [1.807, 2.05) is 12.1 Å². The van der Waals surface area contributed by atoms with Crippen LogP contribution < -0.4 is 10.1 Å². The lowest BCUT2D eigenvalue weighted by atomic mass is 10.0. The van der Waals surface area contributed by atoms with Gasteiger partial charge in [-0.15, -0.1) is 0 Å². The number of ether oxygens (including phenoxy) is 2. The van der Waals surface area contributed by atoms with Crippen molar-refractivity contribution >= 4 is 0 Å². The highest BCUT2D eigenvalue weighted by Crippen LogP contribution is 2.14. The summed E-state index contributed by atoms with van der Waals surface area (Å²) in [5.41, 5.74) is 1.37. The third kappa shape index (κ3) is 8.08. The Morgan fingerprint density at radius 1 is 1.00 bits per heavy atom. The number of aryl methyl sites for hydroxylation is 1. The average molecular weight is 293 g/mol. The largest absolute Gasteiger partial charge is 0.497 e. The molecule has 1 rings (SSSR count). The fourth-order valence-corrected chi connectivity index (χ4v) is 2.30. The molecule has 1 aromatic carbocycles. The first-order valence-electron chi connectivity index (χ1n) is 8.24. The molecule has 0 aliphatic heterocycles. The van der Waals surface area contributed by atoms with Crippen LogP contribution in [0.3, 0.4) is 0 Å². The van der Waals surface area contributed by atoms with Gasteiger partial charge in [0.15, 0.2) is 0 Å². The monoisotopic (exact) mass is 293 g/mol. The lowest BCUT2D eigenvalue weighted by molar-refractivity contribution is 0.123. The summed E-state index contributed by atoms with van der Waals surface area (Å²) >= 11 is 0. The molecule has 0 spiro atoms. The topological polar surface area (TPSA) is 30.5 Å². The first kappa shape index (κ1) is 18.0. The first-order valence-corrected chi connectivity index (χ1v) is 8.24. The van der Waals surface area contributed by atoms with Crippen LogP contribution in [0, 0.1) is 0 Å². The minimum atomic E-state index is 0.545. The van der Waals surface area contributed by atoms with Gasteiger partial charge in [0.05, 0.1) is 7.11 Å². The summed E-state index contributed by atoms with van der Waals surface area (Å²) < 4.78 is 10.8. The van der Waals surface area contributed by atoms with E-state index in [0.29, 0.717) is 6.04 Å². The highest BCUT2D eigenvalue weighted by Gasteiger charge is 2.08. The zero-order chi connectivity index (χ0) is 15.3. The van der Waals surface area contributed by atoms with Gasteiger partial charge in [-0.05, 0) is 56.3 Å². The van der Waals surface area contributed by atoms with Crippen LogP contribution in [0.4, 0.5) is 0 Å². The summed E-state index contributed by atoms with van der Waals surface area (Å²) in [6, 6.07) is 8.93. The second-order valence-corrected chi connectivity index (χ2v) is 5.44. The van der Waals surface area contributed by atoms with Crippen LogP contribution in [0.2, 0.25) is 0 Å². The van der Waals surface area contributed by atoms with Crippen molar-refractivity contribution in [3.8, 4) is 5.75 Å². The summed E-state index contributed by atoms with van der Waals surface area (Å²) in [4.78, 5) is 0. The highest BCUT2D eigenvalue weighted by atomic mass is 16.5. The molecule has 1 atom stereocenters. The Morgan fingerprint density at radius 2 is 1.76 bits per heavy atom. The van der Waals surface area contributed by atoms with Gasteiger partial charge in [0.2, 0.25) is 0 Å². The Balaban J connectivity index is 2.35. The number of nitrogens with one attached hydrogen (secondary N) is 1. The van der Waals surface area contributed by atoms with Crippen LogP contribution in [0.5, 0.6) is 5.75 Å². The van der Waals surface area contributed by atoms with Gasteiger partial charge in [-0.25, -0.2) is 0 Å². The van der Waals surface area contributed by atoms with Gasteiger partial charge < -0.3 is 14.8 Å². The second kappa shape index (κ2) is 11.6. The third-order valence-electron chi connectivity index (χ3n) is 3.58. The lowest BCUT2D eigenvalue weighted by Crippen LogP contribution is -2.31. The van der Waals surface area contributed by atoms with Gasteiger partial charge in [0.25, 0.3) is 0 Å². The van der Waals surface area contributed by atoms with Crippen LogP contribution in [0.15, 0.2) is 24.3 Å². The smallest absolute Gasteiger partial charge is 0.118 e. The molecule has 0 fully saturated rings. The fourth-order valence-electron chi connectivity index (χ4n) is 2.30. The molecule has 0 saturated carbocycles. The van der Waals surface area contributed by atoms with Gasteiger partial charge in [-0.3, -0.25) is 0 Å². The van der Waals surface area contributed by atoms with E-state index < -0.39 is 0 Å². The highest BCUT2D eigenvalue weighted by molar-refractivity contribution is 5.27. The molecule has 3 nitrogen and oxygen atoms in total. The molecule has 0 heterocycles. The van der Waals surface area contributed by atoms with Crippen molar-refractivity contribution in [2.75, 3.05) is 26.9 Å². The third-order valence-corrected chi connectivity index (χ3v) is 3.58. The van der Waals surface area contributed by atoms with Crippen molar-refractivity contribution in [3.05, 3.63) is 29.8 Å². The van der Waals surface area contributed by atoms with Gasteiger partial charge in [-0.1, -0.05) is 26.0 Å². The number of benzene rings is 1. The van der Waals surface area contributed by atoms with Gasteiger partial charge in [0.1, 0.15) is 5.75 Å². The Bertz CT molecular complexity index is 351. The summed E-state index contributed by atoms with van der Waals surface area (Å²) in [7, 11) is 1.70. The lowest BCUT2D eigenvalue weighted by Gasteiger charge is -2.18. The van der Waals surface area contributed by atoms with E-state index in [4.69, 9.17) is 9.47 Å². The molecule has 0 amide bonds. The van der Waals surface area contributed by atoms with E-state index in [1.54, 1.807) is 7.11 Å². The molecular weight excluding hydrogens is 262 g/mol. The van der Waals surface area contributed by atoms with Crippen molar-refractivity contribution in [2.45, 2.75) is 52.0 Å². The predicted octanol–water partition coefficient (Wildman–Crippen LogP) is 3.81. The molecule has 1 aromatic rings. The van der Waals surface area contributed by atoms with Crippen LogP contribution in [-0.2, 0) is 11.2 Å². The number of hydrogen-bond donors (Lipinski definition) is 1. The number of rotatable bonds is 12. The summed E-state index contributed by atoms with van der Waals surface area (Å²) in [6.07, 6.45) is 5.62. The molecule has 0 aliphatic carbocycles. The van der Waals surface area contributed by atoms with Crippen LogP contribution >= 0.6 is 0 Å². The zero-order valence-corrected chi connectivity index (χ0v) is 13.9. The van der Waals surface area contributed by atoms with E-state index in [-0.39, 0.29) is 0 Å². The molecule has 0 aliphatic rings. The van der Waals surface area contributed by atoms with Crippen LogP contribution in [0.1, 0.15) is 45.1 Å².